The van der Waals surface area contributed by atoms with Crippen molar-refractivity contribution in [2.45, 2.75) is 19.8 Å². The molecule has 2 aromatic heterocycles. The molecule has 0 radical (unpaired) electrons. The van der Waals surface area contributed by atoms with E-state index < -0.39 is 0 Å². The van der Waals surface area contributed by atoms with Gasteiger partial charge in [0.1, 0.15) is 5.75 Å². The second kappa shape index (κ2) is 7.06. The highest BCUT2D eigenvalue weighted by molar-refractivity contribution is 7.17. The van der Waals surface area contributed by atoms with Crippen molar-refractivity contribution in [3.63, 3.8) is 0 Å². The maximum absolute atomic E-state index is 5.77. The second-order valence-corrected chi connectivity index (χ2v) is 7.49. The van der Waals surface area contributed by atoms with Crippen LogP contribution in [0.1, 0.15) is 17.5 Å². The van der Waals surface area contributed by atoms with E-state index in [1.165, 1.54) is 21.0 Å². The Bertz CT molecular complexity index is 1070. The SMILES string of the molecule is COc1cc(C)c2ncc3sccc3c2c1-c1ccc(CCCN)cc1. The smallest absolute Gasteiger partial charge is 0.127 e. The lowest BCUT2D eigenvalue weighted by Crippen LogP contribution is -2.00. The molecule has 0 aliphatic carbocycles. The first kappa shape index (κ1) is 17.0. The Morgan fingerprint density at radius 1 is 1.15 bits per heavy atom. The van der Waals surface area contributed by atoms with Gasteiger partial charge in [0.05, 0.1) is 17.3 Å². The molecule has 0 amide bonds. The third-order valence-corrected chi connectivity index (χ3v) is 5.71. The second-order valence-electron chi connectivity index (χ2n) is 6.54. The average molecular weight is 362 g/mol. The summed E-state index contributed by atoms with van der Waals surface area (Å²) >= 11 is 1.72. The van der Waals surface area contributed by atoms with E-state index in [9.17, 15) is 0 Å². The summed E-state index contributed by atoms with van der Waals surface area (Å²) in [6.07, 6.45) is 4.00. The third kappa shape index (κ3) is 2.85. The van der Waals surface area contributed by atoms with Crippen LogP contribution >= 0.6 is 11.3 Å². The number of fused-ring (bicyclic) bond motifs is 3. The molecule has 2 heterocycles. The quantitative estimate of drug-likeness (QED) is 0.522. The van der Waals surface area contributed by atoms with Crippen LogP contribution in [0, 0.1) is 6.92 Å². The lowest BCUT2D eigenvalue weighted by Gasteiger charge is -2.15. The Morgan fingerprint density at radius 2 is 1.96 bits per heavy atom. The van der Waals surface area contributed by atoms with Crippen molar-refractivity contribution in [3.8, 4) is 16.9 Å². The zero-order chi connectivity index (χ0) is 18.1. The highest BCUT2D eigenvalue weighted by Crippen LogP contribution is 2.42. The van der Waals surface area contributed by atoms with Gasteiger partial charge < -0.3 is 10.5 Å². The highest BCUT2D eigenvalue weighted by atomic mass is 32.1. The van der Waals surface area contributed by atoms with Crippen LogP contribution in [0.4, 0.5) is 0 Å². The van der Waals surface area contributed by atoms with Crippen molar-refractivity contribution >= 4 is 32.3 Å². The van der Waals surface area contributed by atoms with Crippen molar-refractivity contribution < 1.29 is 4.74 Å². The van der Waals surface area contributed by atoms with E-state index in [2.05, 4.69) is 48.7 Å². The predicted octanol–water partition coefficient (Wildman–Crippen LogP) is 5.32. The molecular weight excluding hydrogens is 340 g/mol. The average Bonchev–Trinajstić information content (AvgIpc) is 3.15. The number of pyridine rings is 1. The molecule has 0 aliphatic rings. The molecule has 0 bridgehead atoms. The molecule has 0 unspecified atom stereocenters. The van der Waals surface area contributed by atoms with E-state index in [-0.39, 0.29) is 0 Å². The minimum Gasteiger partial charge on any atom is -0.496 e. The first-order valence-electron chi connectivity index (χ1n) is 8.86. The molecule has 4 heteroatoms. The van der Waals surface area contributed by atoms with Crippen LogP contribution < -0.4 is 10.5 Å². The van der Waals surface area contributed by atoms with Crippen molar-refractivity contribution in [2.75, 3.05) is 13.7 Å². The third-order valence-electron chi connectivity index (χ3n) is 4.86. The Morgan fingerprint density at radius 3 is 2.69 bits per heavy atom. The molecule has 4 aromatic rings. The molecule has 0 saturated carbocycles. The number of benzene rings is 2. The van der Waals surface area contributed by atoms with E-state index in [1.807, 2.05) is 6.20 Å². The molecule has 0 spiro atoms. The van der Waals surface area contributed by atoms with Crippen LogP contribution in [0.5, 0.6) is 5.75 Å². The number of hydrogen-bond donors (Lipinski definition) is 1. The summed E-state index contributed by atoms with van der Waals surface area (Å²) < 4.78 is 6.97. The monoisotopic (exact) mass is 362 g/mol. The zero-order valence-electron chi connectivity index (χ0n) is 15.1. The Kier molecular flexibility index (Phi) is 4.62. The Hall–Kier alpha value is -2.43. The topological polar surface area (TPSA) is 48.1 Å². The van der Waals surface area contributed by atoms with Gasteiger partial charge in [0, 0.05) is 22.5 Å². The molecule has 2 aromatic carbocycles. The van der Waals surface area contributed by atoms with Gasteiger partial charge >= 0.3 is 0 Å². The summed E-state index contributed by atoms with van der Waals surface area (Å²) in [5, 5.41) is 4.54. The number of thiophene rings is 1. The van der Waals surface area contributed by atoms with Gasteiger partial charge in [0.25, 0.3) is 0 Å². The van der Waals surface area contributed by atoms with Crippen LogP contribution in [0.3, 0.4) is 0 Å². The molecular formula is C22H22N2OS. The van der Waals surface area contributed by atoms with Gasteiger partial charge in [-0.25, -0.2) is 0 Å². The van der Waals surface area contributed by atoms with Crippen molar-refractivity contribution in [1.82, 2.24) is 4.98 Å². The summed E-state index contributed by atoms with van der Waals surface area (Å²) in [7, 11) is 1.74. The van der Waals surface area contributed by atoms with Gasteiger partial charge in [-0.05, 0) is 60.5 Å². The van der Waals surface area contributed by atoms with Crippen LogP contribution in [0.15, 0.2) is 48.0 Å². The molecule has 132 valence electrons. The van der Waals surface area contributed by atoms with E-state index in [4.69, 9.17) is 15.5 Å². The maximum atomic E-state index is 5.77. The van der Waals surface area contributed by atoms with E-state index >= 15 is 0 Å². The first-order valence-corrected chi connectivity index (χ1v) is 9.73. The number of ether oxygens (including phenoxy) is 1. The fraction of sp³-hybridized carbons (Fsp3) is 0.227. The van der Waals surface area contributed by atoms with E-state index in [0.717, 1.165) is 47.3 Å². The van der Waals surface area contributed by atoms with Gasteiger partial charge in [-0.15, -0.1) is 11.3 Å². The van der Waals surface area contributed by atoms with Crippen molar-refractivity contribution in [1.29, 1.82) is 0 Å². The highest BCUT2D eigenvalue weighted by Gasteiger charge is 2.17. The summed E-state index contributed by atoms with van der Waals surface area (Å²) in [5.41, 5.74) is 11.4. The first-order chi connectivity index (χ1) is 12.7. The Balaban J connectivity index is 1.98. The normalized spacial score (nSPS) is 11.3. The minimum atomic E-state index is 0.722. The van der Waals surface area contributed by atoms with Crippen LogP contribution in [0.25, 0.3) is 32.1 Å². The Labute approximate surface area is 157 Å². The van der Waals surface area contributed by atoms with Crippen molar-refractivity contribution in [2.24, 2.45) is 5.73 Å². The summed E-state index contributed by atoms with van der Waals surface area (Å²) in [5.74, 6) is 0.894. The molecule has 3 nitrogen and oxygen atoms in total. The molecule has 0 fully saturated rings. The number of methoxy groups -OCH3 is 1. The largest absolute Gasteiger partial charge is 0.496 e. The van der Waals surface area contributed by atoms with Crippen LogP contribution in [-0.4, -0.2) is 18.6 Å². The van der Waals surface area contributed by atoms with Gasteiger partial charge in [-0.3, -0.25) is 4.98 Å². The summed E-state index contributed by atoms with van der Waals surface area (Å²) in [6, 6.07) is 13.0. The number of rotatable bonds is 5. The molecule has 4 rings (SSSR count). The van der Waals surface area contributed by atoms with Gasteiger partial charge in [-0.2, -0.15) is 0 Å². The lowest BCUT2D eigenvalue weighted by molar-refractivity contribution is 0.416. The minimum absolute atomic E-state index is 0.722. The number of nitrogens with zero attached hydrogens (tertiary/aromatic N) is 1. The fourth-order valence-corrected chi connectivity index (χ4v) is 4.31. The molecule has 0 aliphatic heterocycles. The molecule has 26 heavy (non-hydrogen) atoms. The summed E-state index contributed by atoms with van der Waals surface area (Å²) in [4.78, 5) is 4.74. The van der Waals surface area contributed by atoms with E-state index in [0.29, 0.717) is 0 Å². The lowest BCUT2D eigenvalue weighted by atomic mass is 9.94. The standard InChI is InChI=1S/C22H22N2OS/c1-14-12-18(25-2)20(16-7-5-15(6-8-16)4-3-10-23)21-17-9-11-26-19(17)13-24-22(14)21/h5-9,11-13H,3-4,10,23H2,1-2H3. The predicted molar refractivity (Wildman–Crippen MR) is 111 cm³/mol. The fourth-order valence-electron chi connectivity index (χ4n) is 3.55. The van der Waals surface area contributed by atoms with Crippen LogP contribution in [-0.2, 0) is 6.42 Å². The number of aryl methyl sites for hydroxylation is 2. The number of nitrogens with two attached hydrogens (primary N) is 1. The maximum Gasteiger partial charge on any atom is 0.127 e. The van der Waals surface area contributed by atoms with Gasteiger partial charge in [-0.1, -0.05) is 24.3 Å². The summed E-state index contributed by atoms with van der Waals surface area (Å²) in [6.45, 7) is 2.82. The number of hydrogen-bond acceptors (Lipinski definition) is 4. The molecule has 0 atom stereocenters. The van der Waals surface area contributed by atoms with Gasteiger partial charge in [0.15, 0.2) is 0 Å². The molecule has 2 N–H and O–H groups in total. The van der Waals surface area contributed by atoms with E-state index in [1.54, 1.807) is 18.4 Å². The molecule has 0 saturated heterocycles. The van der Waals surface area contributed by atoms with Crippen molar-refractivity contribution in [3.05, 3.63) is 59.1 Å². The van der Waals surface area contributed by atoms with Crippen LogP contribution in [0.2, 0.25) is 0 Å². The number of aromatic nitrogens is 1. The zero-order valence-corrected chi connectivity index (χ0v) is 15.9. The van der Waals surface area contributed by atoms with Gasteiger partial charge in [0.2, 0.25) is 0 Å².